The van der Waals surface area contributed by atoms with Gasteiger partial charge in [-0.05, 0) is 74.1 Å². The number of nitrogens with two attached hydrogens (primary N) is 1. The molecule has 2 aliphatic heterocycles. The first-order chi connectivity index (χ1) is 16.3. The summed E-state index contributed by atoms with van der Waals surface area (Å²) >= 11 is 0. The number of ether oxygens (including phenoxy) is 1. The van der Waals surface area contributed by atoms with E-state index in [2.05, 4.69) is 20.4 Å². The lowest BCUT2D eigenvalue weighted by atomic mass is 9.99. The number of anilines is 1. The molecule has 2 aromatic rings. The molecule has 1 amide bonds. The molecule has 5 rings (SSSR count). The van der Waals surface area contributed by atoms with E-state index in [1.807, 2.05) is 25.1 Å². The molecule has 0 bridgehead atoms. The highest BCUT2D eigenvalue weighted by molar-refractivity contribution is 5.96. The molecule has 3 aliphatic rings. The zero-order chi connectivity index (χ0) is 23.9. The maximum absolute atomic E-state index is 11.6. The molecule has 0 spiro atoms. The van der Waals surface area contributed by atoms with Gasteiger partial charge in [-0.2, -0.15) is 0 Å². The predicted molar refractivity (Wildman–Crippen MR) is 124 cm³/mol. The fourth-order valence-electron chi connectivity index (χ4n) is 5.55. The summed E-state index contributed by atoms with van der Waals surface area (Å²) in [5.74, 6) is 1.39. The average molecular weight is 438 g/mol. The molecule has 1 aliphatic carbocycles. The standard InChI is InChI=1S/C25H33N5O2/c1-16-21(3-2-4-22(16)25(26)31)23-5-6-24(29-28-23)27-20-11-18-14-30(15-19(18)12-20)13-17-7-9-32-10-8-17/h2-6,17-20H,7-15H2,1H3,(H2,26,31)(H,27,29)/t18-,19+,20?/i13D2. The van der Waals surface area contributed by atoms with Gasteiger partial charge in [0.05, 0.1) is 5.69 Å². The SMILES string of the molecule is [2H]C([2H])(C1CCOCC1)N1C[C@H]2CC(Nc3ccc(-c4cccc(C(N)=O)c4C)nn3)C[C@H]2C1. The number of rotatable bonds is 6. The van der Waals surface area contributed by atoms with Gasteiger partial charge in [0, 0.05) is 52.7 Å². The Bertz CT molecular complexity index is 1030. The number of fused-ring (bicyclic) bond motifs is 1. The first-order valence-corrected chi connectivity index (χ1v) is 11.7. The highest BCUT2D eigenvalue weighted by Crippen LogP contribution is 2.39. The van der Waals surface area contributed by atoms with Crippen LogP contribution >= 0.6 is 0 Å². The molecule has 1 unspecified atom stereocenters. The van der Waals surface area contributed by atoms with Crippen LogP contribution in [0.25, 0.3) is 11.3 Å². The third-order valence-corrected chi connectivity index (χ3v) is 7.23. The zero-order valence-electron chi connectivity index (χ0n) is 20.6. The van der Waals surface area contributed by atoms with Crippen LogP contribution < -0.4 is 11.1 Å². The molecule has 7 nitrogen and oxygen atoms in total. The molecule has 7 heteroatoms. The van der Waals surface area contributed by atoms with Crippen molar-refractivity contribution in [2.45, 2.75) is 38.6 Å². The van der Waals surface area contributed by atoms with Crippen molar-refractivity contribution in [3.63, 3.8) is 0 Å². The molecule has 0 radical (unpaired) electrons. The number of likely N-dealkylation sites (tertiary alicyclic amines) is 1. The lowest BCUT2D eigenvalue weighted by Gasteiger charge is -2.27. The Labute approximate surface area is 192 Å². The molecule has 3 atom stereocenters. The third-order valence-electron chi connectivity index (χ3n) is 7.23. The van der Waals surface area contributed by atoms with Crippen LogP contribution in [-0.4, -0.2) is 59.8 Å². The second-order valence-electron chi connectivity index (χ2n) is 9.40. The number of hydrogen-bond donors (Lipinski definition) is 2. The predicted octanol–water partition coefficient (Wildman–Crippen LogP) is 3.10. The topological polar surface area (TPSA) is 93.4 Å². The second kappa shape index (κ2) is 9.16. The normalized spacial score (nSPS) is 27.6. The van der Waals surface area contributed by atoms with Crippen molar-refractivity contribution in [2.24, 2.45) is 23.5 Å². The van der Waals surface area contributed by atoms with Gasteiger partial charge in [0.15, 0.2) is 0 Å². The van der Waals surface area contributed by atoms with E-state index in [-0.39, 0.29) is 5.92 Å². The Morgan fingerprint density at radius 2 is 1.94 bits per heavy atom. The number of hydrogen-bond acceptors (Lipinski definition) is 6. The summed E-state index contributed by atoms with van der Waals surface area (Å²) in [6.45, 7) is 3.62. The third kappa shape index (κ3) is 4.50. The van der Waals surface area contributed by atoms with Crippen molar-refractivity contribution >= 4 is 11.7 Å². The Balaban J connectivity index is 1.19. The minimum absolute atomic E-state index is 0.0649. The first kappa shape index (κ1) is 19.0. The van der Waals surface area contributed by atoms with Gasteiger partial charge < -0.3 is 20.7 Å². The van der Waals surface area contributed by atoms with Crippen molar-refractivity contribution in [3.8, 4) is 11.3 Å². The fourth-order valence-corrected chi connectivity index (χ4v) is 5.55. The van der Waals surface area contributed by atoms with Crippen molar-refractivity contribution in [2.75, 3.05) is 38.1 Å². The van der Waals surface area contributed by atoms with Crippen LogP contribution in [0.3, 0.4) is 0 Å². The molecular formula is C25H33N5O2. The van der Waals surface area contributed by atoms with Gasteiger partial charge in [-0.25, -0.2) is 0 Å². The van der Waals surface area contributed by atoms with Crippen LogP contribution in [0, 0.1) is 24.7 Å². The summed E-state index contributed by atoms with van der Waals surface area (Å²) in [7, 11) is 0. The van der Waals surface area contributed by atoms with Crippen molar-refractivity contribution in [1.29, 1.82) is 0 Å². The Kier molecular flexibility index (Phi) is 5.44. The van der Waals surface area contributed by atoms with Gasteiger partial charge in [-0.15, -0.1) is 10.2 Å². The number of carbonyl (C=O) groups excluding carboxylic acids is 1. The summed E-state index contributed by atoms with van der Waals surface area (Å²) in [5.41, 5.74) is 8.33. The minimum atomic E-state index is -1.25. The van der Waals surface area contributed by atoms with Crippen molar-refractivity contribution < 1.29 is 12.3 Å². The quantitative estimate of drug-likeness (QED) is 0.721. The molecule has 32 heavy (non-hydrogen) atoms. The van der Waals surface area contributed by atoms with Gasteiger partial charge in [-0.1, -0.05) is 12.1 Å². The molecule has 3 heterocycles. The van der Waals surface area contributed by atoms with E-state index < -0.39 is 12.4 Å². The molecule has 2 saturated heterocycles. The summed E-state index contributed by atoms with van der Waals surface area (Å²) in [5, 5.41) is 12.3. The number of primary amides is 1. The van der Waals surface area contributed by atoms with E-state index >= 15 is 0 Å². The highest BCUT2D eigenvalue weighted by Gasteiger charge is 2.41. The van der Waals surface area contributed by atoms with Gasteiger partial charge in [0.1, 0.15) is 5.82 Å². The summed E-state index contributed by atoms with van der Waals surface area (Å²) < 4.78 is 22.9. The lowest BCUT2D eigenvalue weighted by Crippen LogP contribution is -2.32. The van der Waals surface area contributed by atoms with Gasteiger partial charge in [0.25, 0.3) is 0 Å². The number of nitrogens with one attached hydrogen (secondary N) is 1. The second-order valence-corrected chi connectivity index (χ2v) is 9.40. The van der Waals surface area contributed by atoms with Gasteiger partial charge in [-0.3, -0.25) is 4.79 Å². The average Bonchev–Trinajstić information content (AvgIpc) is 3.40. The first-order valence-electron chi connectivity index (χ1n) is 12.7. The number of aromatic nitrogens is 2. The van der Waals surface area contributed by atoms with E-state index in [9.17, 15) is 4.79 Å². The number of benzene rings is 1. The van der Waals surface area contributed by atoms with Crippen LogP contribution in [0.4, 0.5) is 5.82 Å². The Morgan fingerprint density at radius 1 is 1.19 bits per heavy atom. The van der Waals surface area contributed by atoms with E-state index in [1.165, 1.54) is 0 Å². The van der Waals surface area contributed by atoms with E-state index in [0.717, 1.165) is 55.7 Å². The summed E-state index contributed by atoms with van der Waals surface area (Å²) in [6, 6.07) is 9.62. The number of nitrogens with zero attached hydrogens (tertiary/aromatic N) is 3. The molecular weight excluding hydrogens is 402 g/mol. The maximum Gasteiger partial charge on any atom is 0.248 e. The van der Waals surface area contributed by atoms with Crippen molar-refractivity contribution in [3.05, 3.63) is 41.5 Å². The van der Waals surface area contributed by atoms with Crippen LogP contribution in [0.15, 0.2) is 30.3 Å². The van der Waals surface area contributed by atoms with Crippen LogP contribution in [0.2, 0.25) is 0 Å². The van der Waals surface area contributed by atoms with Crippen LogP contribution in [0.1, 0.15) is 44.3 Å². The summed E-state index contributed by atoms with van der Waals surface area (Å²) in [6.07, 6.45) is 3.66. The van der Waals surface area contributed by atoms with E-state index in [1.54, 1.807) is 12.1 Å². The van der Waals surface area contributed by atoms with Crippen LogP contribution in [-0.2, 0) is 4.74 Å². The number of carbonyl (C=O) groups is 1. The highest BCUT2D eigenvalue weighted by atomic mass is 16.5. The summed E-state index contributed by atoms with van der Waals surface area (Å²) in [4.78, 5) is 13.7. The Hall–Kier alpha value is -2.51. The fraction of sp³-hybridized carbons (Fsp3) is 0.560. The van der Waals surface area contributed by atoms with Gasteiger partial charge in [0.2, 0.25) is 5.91 Å². The van der Waals surface area contributed by atoms with Gasteiger partial charge >= 0.3 is 0 Å². The molecule has 3 fully saturated rings. The number of amides is 1. The largest absolute Gasteiger partial charge is 0.381 e. The molecule has 1 saturated carbocycles. The molecule has 1 aromatic heterocycles. The molecule has 3 N–H and O–H groups in total. The lowest BCUT2D eigenvalue weighted by molar-refractivity contribution is 0.0545. The zero-order valence-corrected chi connectivity index (χ0v) is 18.6. The monoisotopic (exact) mass is 437 g/mol. The van der Waals surface area contributed by atoms with Crippen LogP contribution in [0.5, 0.6) is 0 Å². The van der Waals surface area contributed by atoms with Crippen molar-refractivity contribution in [1.82, 2.24) is 15.1 Å². The Morgan fingerprint density at radius 3 is 2.59 bits per heavy atom. The smallest absolute Gasteiger partial charge is 0.248 e. The van der Waals surface area contributed by atoms with E-state index in [4.69, 9.17) is 13.2 Å². The minimum Gasteiger partial charge on any atom is -0.381 e. The molecule has 1 aromatic carbocycles. The molecule has 170 valence electrons. The maximum atomic E-state index is 11.6. The van der Waals surface area contributed by atoms with E-state index in [0.29, 0.717) is 42.3 Å².